The van der Waals surface area contributed by atoms with Crippen LogP contribution in [-0.4, -0.2) is 55.9 Å². The second kappa shape index (κ2) is 6.92. The molecule has 20 heavy (non-hydrogen) atoms. The van der Waals surface area contributed by atoms with E-state index >= 15 is 0 Å². The molecule has 1 aliphatic heterocycles. The van der Waals surface area contributed by atoms with Crippen LogP contribution in [0.1, 0.15) is 33.6 Å². The quantitative estimate of drug-likeness (QED) is 0.794. The number of carbonyl (C=O) groups excluding carboxylic acids is 2. The number of hydrogen-bond acceptors (Lipinski definition) is 5. The Morgan fingerprint density at radius 1 is 1.35 bits per heavy atom. The molecule has 0 radical (unpaired) electrons. The van der Waals surface area contributed by atoms with Gasteiger partial charge in [0.2, 0.25) is 0 Å². The van der Waals surface area contributed by atoms with E-state index in [0.717, 1.165) is 19.5 Å². The summed E-state index contributed by atoms with van der Waals surface area (Å²) in [6.45, 7) is 7.13. The molecule has 1 rings (SSSR count). The molecule has 0 saturated carbocycles. The monoisotopic (exact) mass is 286 g/mol. The van der Waals surface area contributed by atoms with Gasteiger partial charge in [-0.05, 0) is 40.8 Å². The maximum absolute atomic E-state index is 11.8. The van der Waals surface area contributed by atoms with Crippen LogP contribution in [-0.2, 0) is 14.3 Å². The summed E-state index contributed by atoms with van der Waals surface area (Å²) in [5, 5.41) is 2.88. The largest absolute Gasteiger partial charge is 0.469 e. The lowest BCUT2D eigenvalue weighted by molar-refractivity contribution is -0.142. The summed E-state index contributed by atoms with van der Waals surface area (Å²) in [7, 11) is 3.39. The van der Waals surface area contributed by atoms with Crippen LogP contribution in [0.25, 0.3) is 0 Å². The molecule has 0 spiro atoms. The average Bonchev–Trinajstić information content (AvgIpc) is 2.30. The molecular formula is C14H26N2O4. The Kier molecular flexibility index (Phi) is 5.80. The number of amides is 1. The number of nitrogens with zero attached hydrogens (tertiary/aromatic N) is 1. The molecule has 116 valence electrons. The third-order valence-electron chi connectivity index (χ3n) is 3.30. The fourth-order valence-corrected chi connectivity index (χ4v) is 2.37. The highest BCUT2D eigenvalue weighted by atomic mass is 16.6. The fourth-order valence-electron chi connectivity index (χ4n) is 2.37. The van der Waals surface area contributed by atoms with Gasteiger partial charge in [-0.25, -0.2) is 4.79 Å². The van der Waals surface area contributed by atoms with Crippen LogP contribution in [0, 0.1) is 5.92 Å². The van der Waals surface area contributed by atoms with Gasteiger partial charge in [-0.3, -0.25) is 4.79 Å². The van der Waals surface area contributed by atoms with Crippen molar-refractivity contribution in [3.63, 3.8) is 0 Å². The minimum atomic E-state index is -0.520. The van der Waals surface area contributed by atoms with Crippen LogP contribution in [0.5, 0.6) is 0 Å². The molecule has 0 aromatic rings. The lowest BCUT2D eigenvalue weighted by Gasteiger charge is -2.36. The van der Waals surface area contributed by atoms with Crippen molar-refractivity contribution in [2.75, 3.05) is 27.2 Å². The molecule has 0 aliphatic carbocycles. The summed E-state index contributed by atoms with van der Waals surface area (Å²) >= 11 is 0. The third-order valence-corrected chi connectivity index (χ3v) is 3.30. The zero-order valence-corrected chi connectivity index (χ0v) is 13.1. The Hall–Kier alpha value is -1.30. The maximum atomic E-state index is 11.8. The molecule has 1 N–H and O–H groups in total. The topological polar surface area (TPSA) is 67.9 Å². The number of ether oxygens (including phenoxy) is 2. The number of likely N-dealkylation sites (tertiary alicyclic amines) is 1. The Balaban J connectivity index is 2.60. The molecule has 0 unspecified atom stereocenters. The summed E-state index contributed by atoms with van der Waals surface area (Å²) in [5.41, 5.74) is -0.520. The summed E-state index contributed by atoms with van der Waals surface area (Å²) in [5.74, 6) is -0.199. The van der Waals surface area contributed by atoms with Gasteiger partial charge in [-0.1, -0.05) is 0 Å². The van der Waals surface area contributed by atoms with E-state index in [9.17, 15) is 9.59 Å². The van der Waals surface area contributed by atoms with Gasteiger partial charge in [-0.2, -0.15) is 0 Å². The summed E-state index contributed by atoms with van der Waals surface area (Å²) in [6, 6.07) is -0.0554. The van der Waals surface area contributed by atoms with Gasteiger partial charge in [0.25, 0.3) is 0 Å². The summed E-state index contributed by atoms with van der Waals surface area (Å²) < 4.78 is 9.99. The first kappa shape index (κ1) is 16.8. The molecule has 1 aliphatic rings. The number of alkyl carbamates (subject to hydrolysis) is 1. The number of rotatable bonds is 3. The van der Waals surface area contributed by atoms with Gasteiger partial charge < -0.3 is 19.7 Å². The van der Waals surface area contributed by atoms with E-state index in [4.69, 9.17) is 9.47 Å². The van der Waals surface area contributed by atoms with Crippen LogP contribution in [0.3, 0.4) is 0 Å². The number of carbonyl (C=O) groups is 2. The Morgan fingerprint density at radius 2 is 2.00 bits per heavy atom. The summed E-state index contributed by atoms with van der Waals surface area (Å²) in [6.07, 6.45) is 0.681. The second-order valence-corrected chi connectivity index (χ2v) is 6.34. The first-order chi connectivity index (χ1) is 9.21. The predicted molar refractivity (Wildman–Crippen MR) is 75.4 cm³/mol. The van der Waals surface area contributed by atoms with Crippen LogP contribution in [0.4, 0.5) is 4.79 Å². The smallest absolute Gasteiger partial charge is 0.407 e. The average molecular weight is 286 g/mol. The molecule has 6 heteroatoms. The first-order valence-electron chi connectivity index (χ1n) is 6.96. The van der Waals surface area contributed by atoms with E-state index in [0.29, 0.717) is 6.42 Å². The predicted octanol–water partition coefficient (Wildman–Crippen LogP) is 1.39. The molecule has 0 aromatic heterocycles. The SMILES string of the molecule is COC(=O)C[C@@H]1CN(C)CC[C@H]1NC(=O)OC(C)(C)C. The maximum Gasteiger partial charge on any atom is 0.407 e. The molecule has 0 aromatic carbocycles. The Labute approximate surface area is 120 Å². The van der Waals surface area contributed by atoms with Crippen molar-refractivity contribution in [1.29, 1.82) is 0 Å². The lowest BCUT2D eigenvalue weighted by atomic mass is 9.89. The molecule has 6 nitrogen and oxygen atoms in total. The van der Waals surface area contributed by atoms with Crippen molar-refractivity contribution in [1.82, 2.24) is 10.2 Å². The van der Waals surface area contributed by atoms with Crippen molar-refractivity contribution in [2.24, 2.45) is 5.92 Å². The van der Waals surface area contributed by atoms with Crippen molar-refractivity contribution in [3.8, 4) is 0 Å². The van der Waals surface area contributed by atoms with Crippen LogP contribution in [0.2, 0.25) is 0 Å². The molecular weight excluding hydrogens is 260 g/mol. The van der Waals surface area contributed by atoms with Gasteiger partial charge >= 0.3 is 12.1 Å². The number of nitrogens with one attached hydrogen (secondary N) is 1. The van der Waals surface area contributed by atoms with Crippen molar-refractivity contribution in [3.05, 3.63) is 0 Å². The van der Waals surface area contributed by atoms with E-state index in [2.05, 4.69) is 10.2 Å². The van der Waals surface area contributed by atoms with Crippen molar-refractivity contribution < 1.29 is 19.1 Å². The highest BCUT2D eigenvalue weighted by Crippen LogP contribution is 2.20. The van der Waals surface area contributed by atoms with Crippen molar-refractivity contribution in [2.45, 2.75) is 45.3 Å². The summed E-state index contributed by atoms with van der Waals surface area (Å²) in [4.78, 5) is 25.5. The molecule has 1 saturated heterocycles. The van der Waals surface area contributed by atoms with Crippen molar-refractivity contribution >= 4 is 12.1 Å². The third kappa shape index (κ3) is 5.77. The number of methoxy groups -OCH3 is 1. The first-order valence-corrected chi connectivity index (χ1v) is 6.96. The van der Waals surface area contributed by atoms with E-state index in [1.54, 1.807) is 0 Å². The molecule has 1 heterocycles. The minimum absolute atomic E-state index is 0.0497. The zero-order valence-electron chi connectivity index (χ0n) is 13.1. The second-order valence-electron chi connectivity index (χ2n) is 6.34. The van der Waals surface area contributed by atoms with Crippen LogP contribution in [0.15, 0.2) is 0 Å². The Morgan fingerprint density at radius 3 is 2.55 bits per heavy atom. The van der Waals surface area contributed by atoms with Gasteiger partial charge in [0.1, 0.15) is 5.60 Å². The number of piperidine rings is 1. The van der Waals surface area contributed by atoms with Gasteiger partial charge in [0, 0.05) is 18.5 Å². The minimum Gasteiger partial charge on any atom is -0.469 e. The van der Waals surface area contributed by atoms with Crippen LogP contribution < -0.4 is 5.32 Å². The molecule has 2 atom stereocenters. The van der Waals surface area contributed by atoms with Gasteiger partial charge in [-0.15, -0.1) is 0 Å². The van der Waals surface area contributed by atoms with E-state index in [1.165, 1.54) is 7.11 Å². The van der Waals surface area contributed by atoms with Crippen LogP contribution >= 0.6 is 0 Å². The van der Waals surface area contributed by atoms with E-state index < -0.39 is 11.7 Å². The normalized spacial score (nSPS) is 24.1. The zero-order chi connectivity index (χ0) is 15.3. The number of esters is 1. The van der Waals surface area contributed by atoms with Gasteiger partial charge in [0.05, 0.1) is 13.5 Å². The molecule has 1 fully saturated rings. The van der Waals surface area contributed by atoms with Gasteiger partial charge in [0.15, 0.2) is 0 Å². The molecule has 1 amide bonds. The fraction of sp³-hybridized carbons (Fsp3) is 0.857. The lowest BCUT2D eigenvalue weighted by Crippen LogP contribution is -2.51. The highest BCUT2D eigenvalue weighted by Gasteiger charge is 2.32. The number of hydrogen-bond donors (Lipinski definition) is 1. The Bertz CT molecular complexity index is 352. The molecule has 0 bridgehead atoms. The standard InChI is InChI=1S/C14H26N2O4/c1-14(2,3)20-13(18)15-11-6-7-16(4)9-10(11)8-12(17)19-5/h10-11H,6-9H2,1-5H3,(H,15,18)/t10-,11-/m1/s1. The van der Waals surface area contributed by atoms with E-state index in [1.807, 2.05) is 27.8 Å². The van der Waals surface area contributed by atoms with E-state index in [-0.39, 0.29) is 17.9 Å². The highest BCUT2D eigenvalue weighted by molar-refractivity contribution is 5.70.